The molecule has 0 radical (unpaired) electrons. The number of hydrogen-bond donors (Lipinski definition) is 1. The van der Waals surface area contributed by atoms with Gasteiger partial charge in [-0.15, -0.1) is 11.8 Å². The lowest BCUT2D eigenvalue weighted by Gasteiger charge is -2.15. The molecule has 0 fully saturated rings. The van der Waals surface area contributed by atoms with Crippen molar-refractivity contribution in [3.05, 3.63) is 51.7 Å². The van der Waals surface area contributed by atoms with Crippen molar-refractivity contribution < 1.29 is 0 Å². The highest BCUT2D eigenvalue weighted by molar-refractivity contribution is 7.99. The Kier molecular flexibility index (Phi) is 6.24. The highest BCUT2D eigenvalue weighted by atomic mass is 35.5. The van der Waals surface area contributed by atoms with E-state index in [-0.39, 0.29) is 0 Å². The zero-order valence-electron chi connectivity index (χ0n) is 10.9. The quantitative estimate of drug-likeness (QED) is 0.743. The predicted octanol–water partition coefficient (Wildman–Crippen LogP) is 4.71. The predicted molar refractivity (Wildman–Crippen MR) is 87.7 cm³/mol. The molecule has 0 spiro atoms. The zero-order valence-corrected chi connectivity index (χ0v) is 13.3. The molecule has 0 bridgehead atoms. The van der Waals surface area contributed by atoms with Crippen LogP contribution in [0.3, 0.4) is 0 Å². The number of thioether (sulfide) groups is 1. The first-order valence-corrected chi connectivity index (χ1v) is 8.65. The standard InChI is InChI=1S/C15H18ClNS2/c1-17-14(5-2-12-8-9-18-10-12)11-19-15-6-3-13(16)4-7-15/h3-4,6-10,14,17H,2,5,11H2,1H3. The Bertz CT molecular complexity index is 467. The van der Waals surface area contributed by atoms with Crippen LogP contribution in [0.15, 0.2) is 46.0 Å². The number of halogens is 1. The fraction of sp³-hybridized carbons (Fsp3) is 0.333. The van der Waals surface area contributed by atoms with Crippen LogP contribution in [0.4, 0.5) is 0 Å². The normalized spacial score (nSPS) is 12.5. The zero-order chi connectivity index (χ0) is 13.5. The number of aryl methyl sites for hydroxylation is 1. The van der Waals surface area contributed by atoms with Crippen LogP contribution in [-0.2, 0) is 6.42 Å². The first-order valence-electron chi connectivity index (χ1n) is 6.34. The molecule has 0 amide bonds. The summed E-state index contributed by atoms with van der Waals surface area (Å²) in [6, 6.07) is 10.8. The smallest absolute Gasteiger partial charge is 0.0406 e. The number of hydrogen-bond acceptors (Lipinski definition) is 3. The largest absolute Gasteiger partial charge is 0.316 e. The van der Waals surface area contributed by atoms with Gasteiger partial charge in [-0.3, -0.25) is 0 Å². The molecule has 1 aromatic heterocycles. The van der Waals surface area contributed by atoms with Crippen molar-refractivity contribution in [2.75, 3.05) is 12.8 Å². The Morgan fingerprint density at radius 3 is 2.68 bits per heavy atom. The summed E-state index contributed by atoms with van der Waals surface area (Å²) in [5.41, 5.74) is 1.45. The van der Waals surface area contributed by atoms with Crippen molar-refractivity contribution in [3.8, 4) is 0 Å². The molecule has 1 N–H and O–H groups in total. The summed E-state index contributed by atoms with van der Waals surface area (Å²) in [6.45, 7) is 0. The van der Waals surface area contributed by atoms with Gasteiger partial charge in [-0.05, 0) is 66.5 Å². The summed E-state index contributed by atoms with van der Waals surface area (Å²) in [5, 5.41) is 8.58. The maximum atomic E-state index is 5.89. The van der Waals surface area contributed by atoms with Crippen LogP contribution in [0.5, 0.6) is 0 Å². The number of nitrogens with one attached hydrogen (secondary N) is 1. The molecule has 0 saturated carbocycles. The van der Waals surface area contributed by atoms with Gasteiger partial charge in [-0.1, -0.05) is 11.6 Å². The van der Waals surface area contributed by atoms with Gasteiger partial charge in [0.25, 0.3) is 0 Å². The molecule has 102 valence electrons. The molecule has 1 heterocycles. The van der Waals surface area contributed by atoms with E-state index in [9.17, 15) is 0 Å². The van der Waals surface area contributed by atoms with E-state index in [4.69, 9.17) is 11.6 Å². The Morgan fingerprint density at radius 2 is 2.05 bits per heavy atom. The van der Waals surface area contributed by atoms with Crippen molar-refractivity contribution in [3.63, 3.8) is 0 Å². The average Bonchev–Trinajstić information content (AvgIpc) is 2.94. The van der Waals surface area contributed by atoms with E-state index >= 15 is 0 Å². The van der Waals surface area contributed by atoms with Gasteiger partial charge in [0.2, 0.25) is 0 Å². The van der Waals surface area contributed by atoms with Gasteiger partial charge >= 0.3 is 0 Å². The van der Waals surface area contributed by atoms with Crippen molar-refractivity contribution in [1.29, 1.82) is 0 Å². The molecule has 1 atom stereocenters. The molecule has 1 aromatic carbocycles. The second-order valence-electron chi connectivity index (χ2n) is 4.42. The monoisotopic (exact) mass is 311 g/mol. The Balaban J connectivity index is 1.77. The van der Waals surface area contributed by atoms with Crippen LogP contribution in [0, 0.1) is 0 Å². The van der Waals surface area contributed by atoms with Crippen LogP contribution in [0.2, 0.25) is 5.02 Å². The molecular weight excluding hydrogens is 294 g/mol. The van der Waals surface area contributed by atoms with Gasteiger partial charge in [-0.25, -0.2) is 0 Å². The Hall–Kier alpha value is -0.480. The van der Waals surface area contributed by atoms with E-state index in [1.54, 1.807) is 11.3 Å². The summed E-state index contributed by atoms with van der Waals surface area (Å²) < 4.78 is 0. The fourth-order valence-electron chi connectivity index (χ4n) is 1.81. The summed E-state index contributed by atoms with van der Waals surface area (Å²) >= 11 is 9.54. The number of benzene rings is 1. The lowest BCUT2D eigenvalue weighted by molar-refractivity contribution is 0.573. The van der Waals surface area contributed by atoms with E-state index in [1.165, 1.54) is 16.9 Å². The highest BCUT2D eigenvalue weighted by Crippen LogP contribution is 2.22. The van der Waals surface area contributed by atoms with Crippen LogP contribution >= 0.6 is 34.7 Å². The lowest BCUT2D eigenvalue weighted by Crippen LogP contribution is -2.28. The fourth-order valence-corrected chi connectivity index (χ4v) is 3.70. The average molecular weight is 312 g/mol. The first-order chi connectivity index (χ1) is 9.28. The molecule has 0 aliphatic carbocycles. The second-order valence-corrected chi connectivity index (χ2v) is 6.73. The van der Waals surface area contributed by atoms with Crippen molar-refractivity contribution in [2.24, 2.45) is 0 Å². The maximum Gasteiger partial charge on any atom is 0.0406 e. The molecule has 0 saturated heterocycles. The van der Waals surface area contributed by atoms with Gasteiger partial charge in [0.1, 0.15) is 0 Å². The summed E-state index contributed by atoms with van der Waals surface area (Å²) in [6.07, 6.45) is 2.32. The van der Waals surface area contributed by atoms with Gasteiger partial charge in [0.15, 0.2) is 0 Å². The second kappa shape index (κ2) is 7.95. The molecule has 0 aliphatic heterocycles. The van der Waals surface area contributed by atoms with E-state index in [0.29, 0.717) is 6.04 Å². The summed E-state index contributed by atoms with van der Waals surface area (Å²) in [7, 11) is 2.04. The third kappa shape index (κ3) is 5.19. The van der Waals surface area contributed by atoms with E-state index in [0.717, 1.165) is 17.2 Å². The van der Waals surface area contributed by atoms with Crippen LogP contribution in [0.25, 0.3) is 0 Å². The van der Waals surface area contributed by atoms with Crippen molar-refractivity contribution in [2.45, 2.75) is 23.8 Å². The molecule has 4 heteroatoms. The minimum Gasteiger partial charge on any atom is -0.316 e. The number of rotatable bonds is 7. The molecular formula is C15H18ClNS2. The van der Waals surface area contributed by atoms with E-state index in [1.807, 2.05) is 30.9 Å². The summed E-state index contributed by atoms with van der Waals surface area (Å²) in [5.74, 6) is 1.09. The van der Waals surface area contributed by atoms with Crippen LogP contribution in [-0.4, -0.2) is 18.8 Å². The van der Waals surface area contributed by atoms with Gasteiger partial charge in [0.05, 0.1) is 0 Å². The van der Waals surface area contributed by atoms with E-state index < -0.39 is 0 Å². The Labute approximate surface area is 128 Å². The van der Waals surface area contributed by atoms with Gasteiger partial charge in [0, 0.05) is 21.7 Å². The SMILES string of the molecule is CNC(CCc1ccsc1)CSc1ccc(Cl)cc1. The minimum atomic E-state index is 0.542. The third-order valence-electron chi connectivity index (χ3n) is 3.03. The van der Waals surface area contributed by atoms with Crippen molar-refractivity contribution >= 4 is 34.7 Å². The van der Waals surface area contributed by atoms with Gasteiger partial charge < -0.3 is 5.32 Å². The number of thiophene rings is 1. The van der Waals surface area contributed by atoms with E-state index in [2.05, 4.69) is 34.3 Å². The maximum absolute atomic E-state index is 5.89. The summed E-state index contributed by atoms with van der Waals surface area (Å²) in [4.78, 5) is 1.28. The molecule has 2 aromatic rings. The topological polar surface area (TPSA) is 12.0 Å². The highest BCUT2D eigenvalue weighted by Gasteiger charge is 2.07. The van der Waals surface area contributed by atoms with Crippen LogP contribution in [0.1, 0.15) is 12.0 Å². The molecule has 1 unspecified atom stereocenters. The lowest BCUT2D eigenvalue weighted by atomic mass is 10.1. The molecule has 2 rings (SSSR count). The molecule has 19 heavy (non-hydrogen) atoms. The first kappa shape index (κ1) is 14.9. The third-order valence-corrected chi connectivity index (χ3v) is 5.19. The molecule has 0 aliphatic rings. The minimum absolute atomic E-state index is 0.542. The molecule has 1 nitrogen and oxygen atoms in total. The Morgan fingerprint density at radius 1 is 1.26 bits per heavy atom. The van der Waals surface area contributed by atoms with Crippen molar-refractivity contribution in [1.82, 2.24) is 5.32 Å². The van der Waals surface area contributed by atoms with Gasteiger partial charge in [-0.2, -0.15) is 11.3 Å². The van der Waals surface area contributed by atoms with Crippen LogP contribution < -0.4 is 5.32 Å².